The fourth-order valence-electron chi connectivity index (χ4n) is 3.24. The van der Waals surface area contributed by atoms with Crippen molar-refractivity contribution in [1.82, 2.24) is 4.90 Å². The number of aryl methyl sites for hydroxylation is 3. The van der Waals surface area contributed by atoms with E-state index in [-0.39, 0.29) is 0 Å². The molecule has 1 aliphatic carbocycles. The second-order valence-electron chi connectivity index (χ2n) is 6.29. The van der Waals surface area contributed by atoms with Crippen molar-refractivity contribution in [3.8, 4) is 0 Å². The fraction of sp³-hybridized carbons (Fsp3) is 0.625. The summed E-state index contributed by atoms with van der Waals surface area (Å²) in [6.07, 6.45) is 2.76. The van der Waals surface area contributed by atoms with Gasteiger partial charge >= 0.3 is 0 Å². The Bertz CT molecular complexity index is 474. The lowest BCUT2D eigenvalue weighted by Gasteiger charge is -2.42. The van der Waals surface area contributed by atoms with Gasteiger partial charge in [0.2, 0.25) is 0 Å². The van der Waals surface area contributed by atoms with Crippen LogP contribution in [0.4, 0.5) is 5.69 Å². The van der Waals surface area contributed by atoms with Crippen molar-refractivity contribution in [2.24, 2.45) is 0 Å². The summed E-state index contributed by atoms with van der Waals surface area (Å²) >= 11 is 0. The van der Waals surface area contributed by atoms with Crippen LogP contribution in [0.2, 0.25) is 0 Å². The van der Waals surface area contributed by atoms with Gasteiger partial charge in [-0.2, -0.15) is 0 Å². The Labute approximate surface area is 111 Å². The smallest absolute Gasteiger partial charge is 0.0399 e. The number of rotatable bonds is 1. The van der Waals surface area contributed by atoms with Crippen LogP contribution < -0.4 is 4.90 Å². The average molecular weight is 244 g/mol. The molecule has 1 aromatic rings. The first-order chi connectivity index (χ1) is 8.52. The Kier molecular flexibility index (Phi) is 2.67. The Morgan fingerprint density at radius 2 is 1.61 bits per heavy atom. The lowest BCUT2D eigenvalue weighted by atomic mass is 10.0. The number of anilines is 1. The van der Waals surface area contributed by atoms with Crippen molar-refractivity contribution in [3.05, 3.63) is 28.8 Å². The molecule has 2 fully saturated rings. The first kappa shape index (κ1) is 12.0. The topological polar surface area (TPSA) is 6.48 Å². The van der Waals surface area contributed by atoms with Gasteiger partial charge in [-0.05, 0) is 63.4 Å². The normalized spacial score (nSPS) is 22.6. The number of hydrogen-bond acceptors (Lipinski definition) is 2. The Morgan fingerprint density at radius 1 is 0.944 bits per heavy atom. The van der Waals surface area contributed by atoms with Crippen LogP contribution in [-0.2, 0) is 0 Å². The van der Waals surface area contributed by atoms with E-state index < -0.39 is 0 Å². The van der Waals surface area contributed by atoms with Crippen LogP contribution in [0.5, 0.6) is 0 Å². The summed E-state index contributed by atoms with van der Waals surface area (Å²) in [7, 11) is 2.29. The molecule has 1 heterocycles. The molecule has 1 aliphatic heterocycles. The molecule has 18 heavy (non-hydrogen) atoms. The van der Waals surface area contributed by atoms with Crippen molar-refractivity contribution in [2.45, 2.75) is 39.2 Å². The van der Waals surface area contributed by atoms with Gasteiger partial charge in [-0.1, -0.05) is 6.07 Å². The quantitative estimate of drug-likeness (QED) is 0.749. The van der Waals surface area contributed by atoms with Crippen LogP contribution in [-0.4, -0.2) is 37.1 Å². The zero-order valence-corrected chi connectivity index (χ0v) is 12.1. The van der Waals surface area contributed by atoms with Gasteiger partial charge in [0.05, 0.1) is 0 Å². The van der Waals surface area contributed by atoms with Crippen molar-refractivity contribution >= 4 is 5.69 Å². The average Bonchev–Trinajstić information content (AvgIpc) is 3.09. The monoisotopic (exact) mass is 244 g/mol. The number of benzene rings is 1. The van der Waals surface area contributed by atoms with Crippen molar-refractivity contribution in [1.29, 1.82) is 0 Å². The predicted octanol–water partition coefficient (Wildman–Crippen LogP) is 2.90. The van der Waals surface area contributed by atoms with E-state index in [1.165, 1.54) is 54.9 Å². The molecule has 0 aromatic heterocycles. The minimum Gasteiger partial charge on any atom is -0.368 e. The van der Waals surface area contributed by atoms with Crippen molar-refractivity contribution in [2.75, 3.05) is 31.6 Å². The molecule has 2 aliphatic rings. The van der Waals surface area contributed by atoms with E-state index in [0.29, 0.717) is 5.54 Å². The van der Waals surface area contributed by atoms with E-state index >= 15 is 0 Å². The predicted molar refractivity (Wildman–Crippen MR) is 77.5 cm³/mol. The Morgan fingerprint density at radius 3 is 2.28 bits per heavy atom. The van der Waals surface area contributed by atoms with Gasteiger partial charge in [0.15, 0.2) is 0 Å². The molecule has 0 amide bonds. The first-order valence-corrected chi connectivity index (χ1v) is 7.06. The first-order valence-electron chi connectivity index (χ1n) is 7.06. The molecule has 0 N–H and O–H groups in total. The van der Waals surface area contributed by atoms with Crippen LogP contribution in [0.15, 0.2) is 12.1 Å². The SMILES string of the molecule is Cc1cc(C)c(N2CCN(C)C3(CC3)C2)cc1C. The van der Waals surface area contributed by atoms with Gasteiger partial charge in [-0.3, -0.25) is 4.90 Å². The zero-order chi connectivity index (χ0) is 12.9. The summed E-state index contributed by atoms with van der Waals surface area (Å²) in [4.78, 5) is 5.18. The van der Waals surface area contributed by atoms with Crippen LogP contribution in [0.25, 0.3) is 0 Å². The maximum absolute atomic E-state index is 2.61. The highest BCUT2D eigenvalue weighted by Crippen LogP contribution is 2.44. The second-order valence-corrected chi connectivity index (χ2v) is 6.29. The highest BCUT2D eigenvalue weighted by molar-refractivity contribution is 5.58. The van der Waals surface area contributed by atoms with E-state index in [1.54, 1.807) is 0 Å². The van der Waals surface area contributed by atoms with E-state index in [1.807, 2.05) is 0 Å². The molecule has 2 heteroatoms. The minimum atomic E-state index is 0.503. The third kappa shape index (κ3) is 1.83. The van der Waals surface area contributed by atoms with Crippen LogP contribution in [0.3, 0.4) is 0 Å². The molecule has 0 unspecified atom stereocenters. The van der Waals surface area contributed by atoms with Gasteiger partial charge in [0, 0.05) is 30.9 Å². The summed E-state index contributed by atoms with van der Waals surface area (Å²) in [6.45, 7) is 10.3. The Balaban J connectivity index is 1.89. The van der Waals surface area contributed by atoms with Gasteiger partial charge in [-0.15, -0.1) is 0 Å². The van der Waals surface area contributed by atoms with E-state index in [2.05, 4.69) is 49.8 Å². The molecule has 0 bridgehead atoms. The summed E-state index contributed by atoms with van der Waals surface area (Å²) in [5, 5.41) is 0. The lowest BCUT2D eigenvalue weighted by Crippen LogP contribution is -2.53. The second kappa shape index (κ2) is 3.99. The highest BCUT2D eigenvalue weighted by Gasteiger charge is 2.49. The molecule has 1 saturated heterocycles. The van der Waals surface area contributed by atoms with Gasteiger partial charge in [-0.25, -0.2) is 0 Å². The van der Waals surface area contributed by atoms with Gasteiger partial charge in [0.25, 0.3) is 0 Å². The number of hydrogen-bond donors (Lipinski definition) is 0. The van der Waals surface area contributed by atoms with E-state index in [9.17, 15) is 0 Å². The molecular weight excluding hydrogens is 220 g/mol. The largest absolute Gasteiger partial charge is 0.368 e. The molecule has 0 radical (unpaired) electrons. The zero-order valence-electron chi connectivity index (χ0n) is 12.1. The van der Waals surface area contributed by atoms with Crippen molar-refractivity contribution < 1.29 is 0 Å². The molecule has 1 saturated carbocycles. The third-order valence-corrected chi connectivity index (χ3v) is 4.98. The molecule has 1 spiro atoms. The number of piperazine rings is 1. The molecule has 2 nitrogen and oxygen atoms in total. The maximum Gasteiger partial charge on any atom is 0.0399 e. The Hall–Kier alpha value is -1.02. The fourth-order valence-corrected chi connectivity index (χ4v) is 3.24. The molecule has 1 aromatic carbocycles. The number of likely N-dealkylation sites (N-methyl/N-ethyl adjacent to an activating group) is 1. The van der Waals surface area contributed by atoms with Gasteiger partial charge in [0.1, 0.15) is 0 Å². The van der Waals surface area contributed by atoms with Crippen LogP contribution in [0.1, 0.15) is 29.5 Å². The van der Waals surface area contributed by atoms with E-state index in [4.69, 9.17) is 0 Å². The van der Waals surface area contributed by atoms with Crippen molar-refractivity contribution in [3.63, 3.8) is 0 Å². The highest BCUT2D eigenvalue weighted by atomic mass is 15.3. The molecule has 98 valence electrons. The molecule has 3 rings (SSSR count). The standard InChI is InChI=1S/C16H24N2/c1-12-9-14(3)15(10-13(12)2)18-8-7-17(4)16(11-18)5-6-16/h9-10H,5-8,11H2,1-4H3. The lowest BCUT2D eigenvalue weighted by molar-refractivity contribution is 0.198. The summed E-state index contributed by atoms with van der Waals surface area (Å²) in [5.74, 6) is 0. The summed E-state index contributed by atoms with van der Waals surface area (Å²) in [6, 6.07) is 4.72. The molecular formula is C16H24N2. The molecule has 0 atom stereocenters. The van der Waals surface area contributed by atoms with Crippen LogP contribution >= 0.6 is 0 Å². The maximum atomic E-state index is 2.61. The summed E-state index contributed by atoms with van der Waals surface area (Å²) < 4.78 is 0. The minimum absolute atomic E-state index is 0.503. The third-order valence-electron chi connectivity index (χ3n) is 4.98. The van der Waals surface area contributed by atoms with Gasteiger partial charge < -0.3 is 4.90 Å². The summed E-state index contributed by atoms with van der Waals surface area (Å²) in [5.41, 5.74) is 6.21. The number of nitrogens with zero attached hydrogens (tertiary/aromatic N) is 2. The van der Waals surface area contributed by atoms with E-state index in [0.717, 1.165) is 0 Å². The van der Waals surface area contributed by atoms with Crippen LogP contribution in [0, 0.1) is 20.8 Å².